The van der Waals surface area contributed by atoms with Gasteiger partial charge in [0.25, 0.3) is 0 Å². The van der Waals surface area contributed by atoms with Crippen molar-refractivity contribution in [3.8, 4) is 0 Å². The number of oxime groups is 1. The second-order valence-electron chi connectivity index (χ2n) is 3.78. The molecular weight excluding hydrogens is 308 g/mol. The fourth-order valence-electron chi connectivity index (χ4n) is 1.37. The van der Waals surface area contributed by atoms with Crippen LogP contribution in [-0.4, -0.2) is 16.7 Å². The quantitative estimate of drug-likeness (QED) is 0.495. The Morgan fingerprint density at radius 3 is 2.58 bits per heavy atom. The van der Waals surface area contributed by atoms with E-state index in [4.69, 9.17) is 4.84 Å². The second kappa shape index (κ2) is 6.24. The first kappa shape index (κ1) is 13.4. The van der Waals surface area contributed by atoms with Gasteiger partial charge in [0.1, 0.15) is 5.71 Å². The van der Waals surface area contributed by atoms with E-state index < -0.39 is 5.97 Å². The van der Waals surface area contributed by atoms with Crippen LogP contribution in [0, 0.1) is 0 Å². The zero-order chi connectivity index (χ0) is 13.7. The lowest BCUT2D eigenvalue weighted by molar-refractivity contribution is 0.0516. The van der Waals surface area contributed by atoms with E-state index in [1.54, 1.807) is 43.5 Å². The maximum Gasteiger partial charge on any atom is 0.365 e. The van der Waals surface area contributed by atoms with Gasteiger partial charge < -0.3 is 4.84 Å². The standard InChI is InChI=1S/C14H11BrN2O2/c1-10(13-4-2-3-9-16-13)17-19-14(18)11-5-7-12(15)8-6-11/h2-9H,1H3/b17-10-. The third-order valence-corrected chi connectivity index (χ3v) is 2.91. The predicted molar refractivity (Wildman–Crippen MR) is 76.0 cm³/mol. The Hall–Kier alpha value is -2.01. The molecule has 5 heteroatoms. The molecule has 1 aromatic carbocycles. The van der Waals surface area contributed by atoms with E-state index in [0.717, 1.165) is 4.47 Å². The number of carbonyl (C=O) groups excluding carboxylic acids is 1. The first-order chi connectivity index (χ1) is 9.16. The number of hydrogen-bond acceptors (Lipinski definition) is 4. The van der Waals surface area contributed by atoms with Crippen LogP contribution in [0.3, 0.4) is 0 Å². The van der Waals surface area contributed by atoms with E-state index in [-0.39, 0.29) is 0 Å². The normalized spacial score (nSPS) is 11.2. The molecule has 96 valence electrons. The van der Waals surface area contributed by atoms with Crippen molar-refractivity contribution >= 4 is 27.6 Å². The zero-order valence-corrected chi connectivity index (χ0v) is 11.8. The highest BCUT2D eigenvalue weighted by atomic mass is 79.9. The maximum absolute atomic E-state index is 11.7. The molecule has 0 atom stereocenters. The van der Waals surface area contributed by atoms with Gasteiger partial charge in [0.05, 0.1) is 11.3 Å². The van der Waals surface area contributed by atoms with Gasteiger partial charge in [0.15, 0.2) is 0 Å². The molecular formula is C14H11BrN2O2. The van der Waals surface area contributed by atoms with Gasteiger partial charge in [0.2, 0.25) is 0 Å². The molecule has 0 aliphatic rings. The Bertz CT molecular complexity index is 595. The van der Waals surface area contributed by atoms with Crippen LogP contribution in [0.2, 0.25) is 0 Å². The van der Waals surface area contributed by atoms with Crippen molar-refractivity contribution < 1.29 is 9.63 Å². The van der Waals surface area contributed by atoms with Crippen LogP contribution < -0.4 is 0 Å². The summed E-state index contributed by atoms with van der Waals surface area (Å²) in [6.07, 6.45) is 1.66. The Morgan fingerprint density at radius 1 is 1.21 bits per heavy atom. The Kier molecular flexibility index (Phi) is 4.41. The third-order valence-electron chi connectivity index (χ3n) is 2.38. The molecule has 4 nitrogen and oxygen atoms in total. The summed E-state index contributed by atoms with van der Waals surface area (Å²) in [5.41, 5.74) is 1.66. The number of benzene rings is 1. The highest BCUT2D eigenvalue weighted by Crippen LogP contribution is 2.11. The van der Waals surface area contributed by atoms with Crippen LogP contribution >= 0.6 is 15.9 Å². The second-order valence-corrected chi connectivity index (χ2v) is 4.69. The Morgan fingerprint density at radius 2 is 1.95 bits per heavy atom. The monoisotopic (exact) mass is 318 g/mol. The van der Waals surface area contributed by atoms with Crippen LogP contribution in [0.25, 0.3) is 0 Å². The predicted octanol–water partition coefficient (Wildman–Crippen LogP) is 3.43. The molecule has 0 aliphatic heterocycles. The number of rotatable bonds is 3. The number of nitrogens with zero attached hydrogens (tertiary/aromatic N) is 2. The third kappa shape index (κ3) is 3.72. The van der Waals surface area contributed by atoms with Crippen molar-refractivity contribution in [3.05, 3.63) is 64.4 Å². The molecule has 2 rings (SSSR count). The summed E-state index contributed by atoms with van der Waals surface area (Å²) in [4.78, 5) is 20.7. The van der Waals surface area contributed by atoms with Crippen LogP contribution in [0.1, 0.15) is 23.0 Å². The van der Waals surface area contributed by atoms with Crippen molar-refractivity contribution in [2.45, 2.75) is 6.92 Å². The van der Waals surface area contributed by atoms with E-state index in [0.29, 0.717) is 17.0 Å². The number of carbonyl (C=O) groups is 1. The van der Waals surface area contributed by atoms with Crippen LogP contribution in [-0.2, 0) is 4.84 Å². The largest absolute Gasteiger partial charge is 0.365 e. The highest BCUT2D eigenvalue weighted by molar-refractivity contribution is 9.10. The van der Waals surface area contributed by atoms with Crippen molar-refractivity contribution in [2.75, 3.05) is 0 Å². The fraction of sp³-hybridized carbons (Fsp3) is 0.0714. The number of hydrogen-bond donors (Lipinski definition) is 0. The Labute approximate surface area is 119 Å². The average molecular weight is 319 g/mol. The van der Waals surface area contributed by atoms with Crippen LogP contribution in [0.5, 0.6) is 0 Å². The minimum absolute atomic E-state index is 0.445. The SMILES string of the molecule is C/C(=N/OC(=O)c1ccc(Br)cc1)c1ccccn1. The molecule has 0 bridgehead atoms. The lowest BCUT2D eigenvalue weighted by Crippen LogP contribution is -2.04. The average Bonchev–Trinajstić information content (AvgIpc) is 2.46. The molecule has 19 heavy (non-hydrogen) atoms. The first-order valence-corrected chi connectivity index (χ1v) is 6.39. The summed E-state index contributed by atoms with van der Waals surface area (Å²) >= 11 is 3.30. The van der Waals surface area contributed by atoms with E-state index in [1.807, 2.05) is 12.1 Å². The summed E-state index contributed by atoms with van der Waals surface area (Å²) in [6.45, 7) is 1.73. The van der Waals surface area contributed by atoms with Gasteiger partial charge in [-0.25, -0.2) is 4.79 Å². The summed E-state index contributed by atoms with van der Waals surface area (Å²) in [5.74, 6) is -0.497. The molecule has 0 N–H and O–H groups in total. The molecule has 0 radical (unpaired) electrons. The molecule has 0 spiro atoms. The Balaban J connectivity index is 2.06. The number of halogens is 1. The fourth-order valence-corrected chi connectivity index (χ4v) is 1.64. The number of aromatic nitrogens is 1. The van der Waals surface area contributed by atoms with Crippen molar-refractivity contribution in [3.63, 3.8) is 0 Å². The van der Waals surface area contributed by atoms with E-state index in [2.05, 4.69) is 26.1 Å². The zero-order valence-electron chi connectivity index (χ0n) is 10.2. The van der Waals surface area contributed by atoms with Gasteiger partial charge in [-0.1, -0.05) is 27.2 Å². The van der Waals surface area contributed by atoms with Crippen LogP contribution in [0.4, 0.5) is 0 Å². The molecule has 0 saturated heterocycles. The molecule has 2 aromatic rings. The molecule has 0 unspecified atom stereocenters. The topological polar surface area (TPSA) is 51.5 Å². The first-order valence-electron chi connectivity index (χ1n) is 5.60. The van der Waals surface area contributed by atoms with Crippen molar-refractivity contribution in [2.24, 2.45) is 5.16 Å². The minimum Gasteiger partial charge on any atom is -0.312 e. The molecule has 0 fully saturated rings. The van der Waals surface area contributed by atoms with E-state index in [9.17, 15) is 4.79 Å². The van der Waals surface area contributed by atoms with Gasteiger partial charge in [0, 0.05) is 10.7 Å². The molecule has 1 aromatic heterocycles. The molecule has 0 amide bonds. The van der Waals surface area contributed by atoms with Crippen molar-refractivity contribution in [1.82, 2.24) is 4.98 Å². The molecule has 1 heterocycles. The van der Waals surface area contributed by atoms with Gasteiger partial charge in [-0.05, 0) is 43.3 Å². The minimum atomic E-state index is -0.497. The smallest absolute Gasteiger partial charge is 0.312 e. The van der Waals surface area contributed by atoms with Crippen LogP contribution in [0.15, 0.2) is 58.3 Å². The van der Waals surface area contributed by atoms with Gasteiger partial charge in [-0.3, -0.25) is 4.98 Å². The summed E-state index contributed by atoms with van der Waals surface area (Å²) < 4.78 is 0.900. The molecule has 0 aliphatic carbocycles. The maximum atomic E-state index is 11.7. The van der Waals surface area contributed by atoms with Gasteiger partial charge >= 0.3 is 5.97 Å². The highest BCUT2D eigenvalue weighted by Gasteiger charge is 2.07. The molecule has 0 saturated carbocycles. The van der Waals surface area contributed by atoms with E-state index in [1.165, 1.54) is 0 Å². The summed E-state index contributed by atoms with van der Waals surface area (Å²) in [5, 5.41) is 3.79. The summed E-state index contributed by atoms with van der Waals surface area (Å²) in [6, 6.07) is 12.3. The lowest BCUT2D eigenvalue weighted by Gasteiger charge is -2.00. The van der Waals surface area contributed by atoms with Crippen molar-refractivity contribution in [1.29, 1.82) is 0 Å². The van der Waals surface area contributed by atoms with E-state index >= 15 is 0 Å². The van der Waals surface area contributed by atoms with Gasteiger partial charge in [-0.15, -0.1) is 0 Å². The number of pyridine rings is 1. The van der Waals surface area contributed by atoms with Gasteiger partial charge in [-0.2, -0.15) is 0 Å². The lowest BCUT2D eigenvalue weighted by atomic mass is 10.2. The summed E-state index contributed by atoms with van der Waals surface area (Å²) in [7, 11) is 0.